The van der Waals surface area contributed by atoms with Gasteiger partial charge in [-0.25, -0.2) is 8.78 Å². The Morgan fingerprint density at radius 1 is 1.29 bits per heavy atom. The van der Waals surface area contributed by atoms with Gasteiger partial charge in [0.25, 0.3) is 5.92 Å². The van der Waals surface area contributed by atoms with Gasteiger partial charge in [-0.05, 0) is 25.2 Å². The molecule has 0 aromatic rings. The van der Waals surface area contributed by atoms with E-state index in [4.69, 9.17) is 0 Å². The first-order valence-electron chi connectivity index (χ1n) is 8.16. The van der Waals surface area contributed by atoms with Crippen LogP contribution in [0.2, 0.25) is 0 Å². The van der Waals surface area contributed by atoms with Crippen molar-refractivity contribution in [1.29, 1.82) is 0 Å². The topological polar surface area (TPSA) is 44.4 Å². The molecule has 6 heteroatoms. The third-order valence-corrected chi connectivity index (χ3v) is 5.04. The Morgan fingerprint density at radius 2 is 2.05 bits per heavy atom. The van der Waals surface area contributed by atoms with Crippen molar-refractivity contribution in [3.8, 4) is 0 Å². The zero-order chi connectivity index (χ0) is 14.9. The Bertz CT molecular complexity index is 385. The molecule has 0 bridgehead atoms. The SMILES string of the molecule is O=C(NC1CCN(CC2CCCC2)C1)C1CC(F)(F)CN1. The van der Waals surface area contributed by atoms with Crippen LogP contribution in [0.1, 0.15) is 38.5 Å². The van der Waals surface area contributed by atoms with E-state index in [0.717, 1.165) is 32.0 Å². The van der Waals surface area contributed by atoms with Crippen LogP contribution in [0.5, 0.6) is 0 Å². The quantitative estimate of drug-likeness (QED) is 0.824. The Hall–Kier alpha value is -0.750. The van der Waals surface area contributed by atoms with Gasteiger partial charge in [-0.3, -0.25) is 10.1 Å². The zero-order valence-corrected chi connectivity index (χ0v) is 12.4. The lowest BCUT2D eigenvalue weighted by molar-refractivity contribution is -0.124. The molecule has 0 aromatic carbocycles. The van der Waals surface area contributed by atoms with E-state index in [1.807, 2.05) is 0 Å². The average Bonchev–Trinajstić information content (AvgIpc) is 3.12. The van der Waals surface area contributed by atoms with Gasteiger partial charge in [-0.2, -0.15) is 0 Å². The lowest BCUT2D eigenvalue weighted by atomic mass is 10.1. The first-order chi connectivity index (χ1) is 10.0. The smallest absolute Gasteiger partial charge is 0.262 e. The molecular formula is C15H25F2N3O. The van der Waals surface area contributed by atoms with Gasteiger partial charge in [0.1, 0.15) is 0 Å². The summed E-state index contributed by atoms with van der Waals surface area (Å²) in [5.74, 6) is -2.19. The predicted octanol–water partition coefficient (Wildman–Crippen LogP) is 1.36. The lowest BCUT2D eigenvalue weighted by Crippen LogP contribution is -2.46. The minimum Gasteiger partial charge on any atom is -0.351 e. The number of hydrogen-bond acceptors (Lipinski definition) is 3. The van der Waals surface area contributed by atoms with Crippen LogP contribution in [0.15, 0.2) is 0 Å². The molecular weight excluding hydrogens is 276 g/mol. The summed E-state index contributed by atoms with van der Waals surface area (Å²) < 4.78 is 26.2. The summed E-state index contributed by atoms with van der Waals surface area (Å²) in [6.45, 7) is 2.62. The van der Waals surface area contributed by atoms with Gasteiger partial charge in [-0.1, -0.05) is 12.8 Å². The van der Waals surface area contributed by atoms with Gasteiger partial charge >= 0.3 is 0 Å². The van der Waals surface area contributed by atoms with Crippen LogP contribution in [0.25, 0.3) is 0 Å². The molecule has 3 rings (SSSR count). The molecule has 2 unspecified atom stereocenters. The molecule has 3 fully saturated rings. The number of carbonyl (C=O) groups excluding carboxylic acids is 1. The number of nitrogens with one attached hydrogen (secondary N) is 2. The summed E-state index contributed by atoms with van der Waals surface area (Å²) in [5.41, 5.74) is 0. The second-order valence-corrected chi connectivity index (χ2v) is 6.90. The van der Waals surface area contributed by atoms with E-state index in [-0.39, 0.29) is 24.9 Å². The molecule has 2 heterocycles. The highest BCUT2D eigenvalue weighted by molar-refractivity contribution is 5.82. The van der Waals surface area contributed by atoms with E-state index in [9.17, 15) is 13.6 Å². The number of carbonyl (C=O) groups is 1. The zero-order valence-electron chi connectivity index (χ0n) is 12.4. The van der Waals surface area contributed by atoms with Crippen molar-refractivity contribution in [2.24, 2.45) is 5.92 Å². The van der Waals surface area contributed by atoms with Crippen LogP contribution in [0.4, 0.5) is 8.78 Å². The van der Waals surface area contributed by atoms with Crippen molar-refractivity contribution in [2.75, 3.05) is 26.2 Å². The van der Waals surface area contributed by atoms with E-state index in [1.54, 1.807) is 0 Å². The normalized spacial score (nSPS) is 33.6. The maximum Gasteiger partial charge on any atom is 0.262 e. The molecule has 1 aliphatic carbocycles. The second-order valence-electron chi connectivity index (χ2n) is 6.90. The van der Waals surface area contributed by atoms with E-state index in [2.05, 4.69) is 15.5 Å². The third-order valence-electron chi connectivity index (χ3n) is 5.04. The predicted molar refractivity (Wildman–Crippen MR) is 76.3 cm³/mol. The van der Waals surface area contributed by atoms with Crippen molar-refractivity contribution in [1.82, 2.24) is 15.5 Å². The van der Waals surface area contributed by atoms with E-state index in [0.29, 0.717) is 0 Å². The first-order valence-corrected chi connectivity index (χ1v) is 8.16. The first kappa shape index (κ1) is 15.2. The highest BCUT2D eigenvalue weighted by Crippen LogP contribution is 2.27. The molecule has 2 N–H and O–H groups in total. The Labute approximate surface area is 124 Å². The molecule has 4 nitrogen and oxygen atoms in total. The number of nitrogens with zero attached hydrogens (tertiary/aromatic N) is 1. The van der Waals surface area contributed by atoms with Crippen molar-refractivity contribution in [2.45, 2.75) is 56.5 Å². The second kappa shape index (κ2) is 6.16. The third kappa shape index (κ3) is 3.92. The summed E-state index contributed by atoms with van der Waals surface area (Å²) in [6, 6.07) is -0.612. The molecule has 1 amide bonds. The molecule has 1 saturated carbocycles. The maximum atomic E-state index is 13.1. The van der Waals surface area contributed by atoms with Crippen LogP contribution in [0.3, 0.4) is 0 Å². The molecule has 2 aliphatic heterocycles. The fraction of sp³-hybridized carbons (Fsp3) is 0.933. The molecule has 0 radical (unpaired) electrons. The number of halogens is 2. The molecule has 21 heavy (non-hydrogen) atoms. The van der Waals surface area contributed by atoms with Crippen LogP contribution in [-0.4, -0.2) is 55.0 Å². The minimum atomic E-state index is -2.74. The van der Waals surface area contributed by atoms with Crippen LogP contribution < -0.4 is 10.6 Å². The van der Waals surface area contributed by atoms with Crippen molar-refractivity contribution >= 4 is 5.91 Å². The van der Waals surface area contributed by atoms with Gasteiger partial charge in [-0.15, -0.1) is 0 Å². The fourth-order valence-electron chi connectivity index (χ4n) is 3.88. The van der Waals surface area contributed by atoms with E-state index in [1.165, 1.54) is 25.7 Å². The van der Waals surface area contributed by atoms with E-state index >= 15 is 0 Å². The summed E-state index contributed by atoms with van der Waals surface area (Å²) >= 11 is 0. The lowest BCUT2D eigenvalue weighted by Gasteiger charge is -2.21. The van der Waals surface area contributed by atoms with Gasteiger partial charge in [0.2, 0.25) is 5.91 Å². The monoisotopic (exact) mass is 301 g/mol. The fourth-order valence-corrected chi connectivity index (χ4v) is 3.88. The Morgan fingerprint density at radius 3 is 2.71 bits per heavy atom. The number of likely N-dealkylation sites (tertiary alicyclic amines) is 1. The van der Waals surface area contributed by atoms with Crippen LogP contribution in [0, 0.1) is 5.92 Å². The largest absolute Gasteiger partial charge is 0.351 e. The average molecular weight is 301 g/mol. The number of rotatable bonds is 4. The van der Waals surface area contributed by atoms with Gasteiger partial charge in [0.05, 0.1) is 12.6 Å². The van der Waals surface area contributed by atoms with Gasteiger partial charge < -0.3 is 10.2 Å². The van der Waals surface area contributed by atoms with Crippen LogP contribution >= 0.6 is 0 Å². The van der Waals surface area contributed by atoms with Crippen LogP contribution in [-0.2, 0) is 4.79 Å². The van der Waals surface area contributed by atoms with E-state index < -0.39 is 12.0 Å². The van der Waals surface area contributed by atoms with Gasteiger partial charge in [0, 0.05) is 32.1 Å². The molecule has 120 valence electrons. The molecule has 3 aliphatic rings. The van der Waals surface area contributed by atoms with Crippen molar-refractivity contribution < 1.29 is 13.6 Å². The van der Waals surface area contributed by atoms with Gasteiger partial charge in [0.15, 0.2) is 0 Å². The molecule has 0 aromatic heterocycles. The highest BCUT2D eigenvalue weighted by Gasteiger charge is 2.42. The Balaban J connectivity index is 1.41. The van der Waals surface area contributed by atoms with Crippen molar-refractivity contribution in [3.63, 3.8) is 0 Å². The highest BCUT2D eigenvalue weighted by atomic mass is 19.3. The molecule has 2 saturated heterocycles. The van der Waals surface area contributed by atoms with Crippen molar-refractivity contribution in [3.05, 3.63) is 0 Å². The number of hydrogen-bond donors (Lipinski definition) is 2. The summed E-state index contributed by atoms with van der Waals surface area (Å²) in [7, 11) is 0. The summed E-state index contributed by atoms with van der Waals surface area (Å²) in [5, 5.41) is 5.55. The maximum absolute atomic E-state index is 13.1. The number of amides is 1. The molecule has 0 spiro atoms. The number of alkyl halides is 2. The standard InChI is InChI=1S/C15H25F2N3O/c16-15(17)7-13(18-10-15)14(21)19-12-5-6-20(9-12)8-11-3-1-2-4-11/h11-13,18H,1-10H2,(H,19,21). The Kier molecular flexibility index (Phi) is 4.45. The summed E-state index contributed by atoms with van der Waals surface area (Å²) in [6.07, 6.45) is 5.91. The summed E-state index contributed by atoms with van der Waals surface area (Å²) in [4.78, 5) is 14.4. The molecule has 2 atom stereocenters. The minimum absolute atomic E-state index is 0.120.